The van der Waals surface area contributed by atoms with Gasteiger partial charge >= 0.3 is 0 Å². The van der Waals surface area contributed by atoms with Crippen LogP contribution >= 0.6 is 0 Å². The molecule has 30 heavy (non-hydrogen) atoms. The van der Waals surface area contributed by atoms with Crippen LogP contribution in [0.2, 0.25) is 0 Å². The molecule has 7 nitrogen and oxygen atoms in total. The smallest absolute Gasteiger partial charge is 0.262 e. The number of anilines is 1. The van der Waals surface area contributed by atoms with Crippen molar-refractivity contribution in [3.63, 3.8) is 0 Å². The quantitative estimate of drug-likeness (QED) is 0.659. The number of hydrogen-bond acceptors (Lipinski definition) is 4. The topological polar surface area (TPSA) is 87.7 Å². The first-order chi connectivity index (χ1) is 14.3. The molecule has 0 bridgehead atoms. The van der Waals surface area contributed by atoms with Gasteiger partial charge in [-0.3, -0.25) is 14.4 Å². The molecule has 0 saturated carbocycles. The summed E-state index contributed by atoms with van der Waals surface area (Å²) in [7, 11) is 0. The fraction of sp³-hybridized carbons (Fsp3) is 0.318. The maximum Gasteiger partial charge on any atom is 0.262 e. The van der Waals surface area contributed by atoms with Crippen LogP contribution in [0.15, 0.2) is 48.5 Å². The minimum atomic E-state index is -0.564. The fourth-order valence-electron chi connectivity index (χ4n) is 2.70. The van der Waals surface area contributed by atoms with Crippen molar-refractivity contribution in [1.82, 2.24) is 10.2 Å². The van der Waals surface area contributed by atoms with Crippen LogP contribution in [0.4, 0.5) is 10.1 Å². The summed E-state index contributed by atoms with van der Waals surface area (Å²) in [6.07, 6.45) is 0. The van der Waals surface area contributed by atoms with Gasteiger partial charge in [-0.15, -0.1) is 0 Å². The van der Waals surface area contributed by atoms with Gasteiger partial charge in [0.1, 0.15) is 11.6 Å². The molecule has 3 amide bonds. The highest BCUT2D eigenvalue weighted by Crippen LogP contribution is 2.20. The number of nitrogens with zero attached hydrogens (tertiary/aromatic N) is 1. The normalized spacial score (nSPS) is 10.4. The Bertz CT molecular complexity index is 901. The zero-order chi connectivity index (χ0) is 22.1. The monoisotopic (exact) mass is 415 g/mol. The molecule has 0 aromatic heterocycles. The number of nitrogens with one attached hydrogen (secondary N) is 2. The third-order valence-corrected chi connectivity index (χ3v) is 4.08. The zero-order valence-electron chi connectivity index (χ0n) is 17.3. The minimum Gasteiger partial charge on any atom is -0.483 e. The van der Waals surface area contributed by atoms with E-state index in [0.29, 0.717) is 6.54 Å². The highest BCUT2D eigenvalue weighted by molar-refractivity contribution is 5.99. The second-order valence-corrected chi connectivity index (χ2v) is 6.85. The lowest BCUT2D eigenvalue weighted by molar-refractivity contribution is -0.122. The van der Waals surface area contributed by atoms with E-state index in [1.54, 1.807) is 37.3 Å². The van der Waals surface area contributed by atoms with Gasteiger partial charge in [-0.25, -0.2) is 4.39 Å². The van der Waals surface area contributed by atoms with Gasteiger partial charge in [0, 0.05) is 12.6 Å². The van der Waals surface area contributed by atoms with Gasteiger partial charge in [-0.05, 0) is 45.0 Å². The lowest BCUT2D eigenvalue weighted by Crippen LogP contribution is -2.42. The number of halogens is 1. The molecule has 0 atom stereocenters. The van der Waals surface area contributed by atoms with E-state index in [4.69, 9.17) is 4.74 Å². The van der Waals surface area contributed by atoms with Gasteiger partial charge in [0.15, 0.2) is 6.61 Å². The largest absolute Gasteiger partial charge is 0.483 e. The molecule has 160 valence electrons. The number of para-hydroxylation sites is 2. The number of amides is 3. The lowest BCUT2D eigenvalue weighted by Gasteiger charge is -2.22. The molecule has 0 spiro atoms. The summed E-state index contributed by atoms with van der Waals surface area (Å²) in [6, 6.07) is 12.2. The molecule has 0 aliphatic heterocycles. The predicted molar refractivity (Wildman–Crippen MR) is 112 cm³/mol. The first-order valence-corrected chi connectivity index (χ1v) is 9.66. The van der Waals surface area contributed by atoms with Crippen LogP contribution in [0.3, 0.4) is 0 Å². The van der Waals surface area contributed by atoms with Crippen molar-refractivity contribution in [2.75, 3.05) is 25.0 Å². The Kier molecular flexibility index (Phi) is 8.34. The van der Waals surface area contributed by atoms with Crippen LogP contribution in [0.25, 0.3) is 0 Å². The summed E-state index contributed by atoms with van der Waals surface area (Å²) in [6.45, 7) is 5.28. The molecular weight excluding hydrogens is 389 g/mol. The molecule has 0 heterocycles. The molecule has 2 aromatic carbocycles. The predicted octanol–water partition coefficient (Wildman–Crippen LogP) is 2.83. The Morgan fingerprint density at radius 1 is 1.03 bits per heavy atom. The number of likely N-dealkylation sites (N-methyl/N-ethyl adjacent to an activating group) is 1. The molecule has 2 aromatic rings. The molecule has 0 radical (unpaired) electrons. The summed E-state index contributed by atoms with van der Waals surface area (Å²) < 4.78 is 19.2. The van der Waals surface area contributed by atoms with Gasteiger partial charge in [-0.2, -0.15) is 0 Å². The van der Waals surface area contributed by atoms with Crippen molar-refractivity contribution >= 4 is 23.4 Å². The summed E-state index contributed by atoms with van der Waals surface area (Å²) in [4.78, 5) is 38.4. The van der Waals surface area contributed by atoms with Crippen molar-refractivity contribution in [1.29, 1.82) is 0 Å². The maximum absolute atomic E-state index is 13.7. The van der Waals surface area contributed by atoms with E-state index in [1.807, 2.05) is 13.8 Å². The molecule has 0 saturated heterocycles. The van der Waals surface area contributed by atoms with Crippen molar-refractivity contribution in [3.05, 3.63) is 59.9 Å². The van der Waals surface area contributed by atoms with Crippen LogP contribution < -0.4 is 15.4 Å². The minimum absolute atomic E-state index is 0.0325. The first kappa shape index (κ1) is 22.9. The zero-order valence-corrected chi connectivity index (χ0v) is 17.3. The number of benzene rings is 2. The Balaban J connectivity index is 2.05. The van der Waals surface area contributed by atoms with E-state index < -0.39 is 18.3 Å². The fourth-order valence-corrected chi connectivity index (χ4v) is 2.70. The van der Waals surface area contributed by atoms with E-state index in [2.05, 4.69) is 10.6 Å². The van der Waals surface area contributed by atoms with Gasteiger partial charge < -0.3 is 20.3 Å². The summed E-state index contributed by atoms with van der Waals surface area (Å²) in [5, 5.41) is 5.17. The van der Waals surface area contributed by atoms with Gasteiger partial charge in [0.05, 0.1) is 17.8 Å². The van der Waals surface area contributed by atoms with Crippen molar-refractivity contribution in [2.45, 2.75) is 26.8 Å². The molecule has 0 aliphatic carbocycles. The van der Waals surface area contributed by atoms with Crippen LogP contribution in [0.1, 0.15) is 31.1 Å². The standard InChI is InChI=1S/C22H26FN3O4/c1-4-26(13-20(27)24-15(2)3)22(29)16-9-5-8-12-19(16)30-14-21(28)25-18-11-7-6-10-17(18)23/h5-12,15H,4,13-14H2,1-3H3,(H,24,27)(H,25,28). The highest BCUT2D eigenvalue weighted by Gasteiger charge is 2.21. The average molecular weight is 415 g/mol. The van der Waals surface area contributed by atoms with E-state index in [0.717, 1.165) is 0 Å². The van der Waals surface area contributed by atoms with E-state index in [9.17, 15) is 18.8 Å². The van der Waals surface area contributed by atoms with Crippen LogP contribution in [0, 0.1) is 5.82 Å². The van der Waals surface area contributed by atoms with Crippen LogP contribution in [-0.4, -0.2) is 48.4 Å². The van der Waals surface area contributed by atoms with E-state index in [-0.39, 0.29) is 41.4 Å². The number of rotatable bonds is 9. The third kappa shape index (κ3) is 6.58. The van der Waals surface area contributed by atoms with Crippen molar-refractivity contribution < 1.29 is 23.5 Å². The summed E-state index contributed by atoms with van der Waals surface area (Å²) in [5.74, 6) is -1.57. The molecule has 0 aliphatic rings. The average Bonchev–Trinajstić information content (AvgIpc) is 2.71. The Morgan fingerprint density at radius 3 is 2.37 bits per heavy atom. The molecule has 2 rings (SSSR count). The van der Waals surface area contributed by atoms with E-state index >= 15 is 0 Å². The number of carbonyl (C=O) groups excluding carboxylic acids is 3. The van der Waals surface area contributed by atoms with Gasteiger partial charge in [-0.1, -0.05) is 24.3 Å². The lowest BCUT2D eigenvalue weighted by atomic mass is 10.1. The molecule has 0 unspecified atom stereocenters. The molecule has 8 heteroatoms. The molecule has 0 fully saturated rings. The Labute approximate surface area is 175 Å². The number of hydrogen-bond donors (Lipinski definition) is 2. The highest BCUT2D eigenvalue weighted by atomic mass is 19.1. The molecule has 2 N–H and O–H groups in total. The summed E-state index contributed by atoms with van der Waals surface area (Å²) >= 11 is 0. The van der Waals surface area contributed by atoms with Crippen molar-refractivity contribution in [2.24, 2.45) is 0 Å². The first-order valence-electron chi connectivity index (χ1n) is 9.66. The second kappa shape index (κ2) is 10.9. The number of carbonyl (C=O) groups is 3. The van der Waals surface area contributed by atoms with Gasteiger partial charge in [0.2, 0.25) is 5.91 Å². The summed E-state index contributed by atoms with van der Waals surface area (Å²) in [5.41, 5.74) is 0.277. The molecular formula is C22H26FN3O4. The Hall–Kier alpha value is -3.42. The third-order valence-electron chi connectivity index (χ3n) is 4.08. The number of ether oxygens (including phenoxy) is 1. The van der Waals surface area contributed by atoms with Crippen LogP contribution in [-0.2, 0) is 9.59 Å². The maximum atomic E-state index is 13.7. The van der Waals surface area contributed by atoms with Crippen LogP contribution in [0.5, 0.6) is 5.75 Å². The van der Waals surface area contributed by atoms with Gasteiger partial charge in [0.25, 0.3) is 11.8 Å². The second-order valence-electron chi connectivity index (χ2n) is 6.85. The Morgan fingerprint density at radius 2 is 1.70 bits per heavy atom. The van der Waals surface area contributed by atoms with Crippen molar-refractivity contribution in [3.8, 4) is 5.75 Å². The SMILES string of the molecule is CCN(CC(=O)NC(C)C)C(=O)c1ccccc1OCC(=O)Nc1ccccc1F. The van der Waals surface area contributed by atoms with E-state index in [1.165, 1.54) is 23.1 Å².